The Morgan fingerprint density at radius 1 is 0.944 bits per heavy atom. The van der Waals surface area contributed by atoms with Crippen molar-refractivity contribution in [3.05, 3.63) is 59.7 Å². The van der Waals surface area contributed by atoms with Gasteiger partial charge in [-0.1, -0.05) is 61.9 Å². The molecular formula is C17H21N. The van der Waals surface area contributed by atoms with Crippen LogP contribution in [0.25, 0.3) is 11.1 Å². The average molecular weight is 239 g/mol. The smallest absolute Gasteiger partial charge is 0.0208 e. The molecule has 0 saturated carbocycles. The lowest BCUT2D eigenvalue weighted by Crippen LogP contribution is -2.21. The molecule has 1 heteroatoms. The number of aryl methyl sites for hydroxylation is 1. The van der Waals surface area contributed by atoms with Crippen LogP contribution in [0.5, 0.6) is 0 Å². The van der Waals surface area contributed by atoms with Gasteiger partial charge in [0, 0.05) is 12.6 Å². The van der Waals surface area contributed by atoms with Gasteiger partial charge in [0.25, 0.3) is 0 Å². The molecule has 0 amide bonds. The van der Waals surface area contributed by atoms with E-state index in [1.165, 1.54) is 22.3 Å². The second kappa shape index (κ2) is 5.83. The highest BCUT2D eigenvalue weighted by molar-refractivity contribution is 5.64. The molecule has 0 aliphatic carbocycles. The van der Waals surface area contributed by atoms with Crippen LogP contribution >= 0.6 is 0 Å². The van der Waals surface area contributed by atoms with Gasteiger partial charge in [-0.3, -0.25) is 0 Å². The Hall–Kier alpha value is -1.60. The van der Waals surface area contributed by atoms with Crippen molar-refractivity contribution in [3.8, 4) is 11.1 Å². The highest BCUT2D eigenvalue weighted by Crippen LogP contribution is 2.20. The van der Waals surface area contributed by atoms with Gasteiger partial charge in [-0.05, 0) is 29.7 Å². The topological polar surface area (TPSA) is 12.0 Å². The Labute approximate surface area is 110 Å². The van der Waals surface area contributed by atoms with Gasteiger partial charge in [0.05, 0.1) is 0 Å². The van der Waals surface area contributed by atoms with Gasteiger partial charge in [0.2, 0.25) is 0 Å². The normalized spacial score (nSPS) is 10.9. The lowest BCUT2D eigenvalue weighted by molar-refractivity contribution is 0.589. The van der Waals surface area contributed by atoms with Crippen molar-refractivity contribution in [2.45, 2.75) is 33.4 Å². The summed E-state index contributed by atoms with van der Waals surface area (Å²) in [4.78, 5) is 0. The van der Waals surface area contributed by atoms with Crippen molar-refractivity contribution in [1.82, 2.24) is 5.32 Å². The van der Waals surface area contributed by atoms with Gasteiger partial charge < -0.3 is 5.32 Å². The molecule has 0 heterocycles. The first kappa shape index (κ1) is 12.8. The zero-order valence-corrected chi connectivity index (χ0v) is 11.4. The molecule has 0 spiro atoms. The van der Waals surface area contributed by atoms with E-state index in [1.807, 2.05) is 0 Å². The van der Waals surface area contributed by atoms with Gasteiger partial charge in [-0.15, -0.1) is 0 Å². The van der Waals surface area contributed by atoms with Crippen LogP contribution in [0.2, 0.25) is 0 Å². The Balaban J connectivity index is 2.18. The second-order valence-corrected chi connectivity index (χ2v) is 5.10. The van der Waals surface area contributed by atoms with Crippen LogP contribution in [-0.2, 0) is 6.54 Å². The van der Waals surface area contributed by atoms with E-state index in [1.54, 1.807) is 0 Å². The second-order valence-electron chi connectivity index (χ2n) is 5.10. The third kappa shape index (κ3) is 3.44. The van der Waals surface area contributed by atoms with Crippen LogP contribution in [0.4, 0.5) is 0 Å². The summed E-state index contributed by atoms with van der Waals surface area (Å²) in [6.07, 6.45) is 0. The highest BCUT2D eigenvalue weighted by Gasteiger charge is 2.00. The molecule has 94 valence electrons. The Morgan fingerprint density at radius 3 is 2.33 bits per heavy atom. The SMILES string of the molecule is Cc1ccc(-c2cccc(CNC(C)C)c2)cc1. The predicted molar refractivity (Wildman–Crippen MR) is 78.6 cm³/mol. The summed E-state index contributed by atoms with van der Waals surface area (Å²) < 4.78 is 0. The standard InChI is InChI=1S/C17H21N/c1-13(2)18-12-15-5-4-6-17(11-15)16-9-7-14(3)8-10-16/h4-11,13,18H,12H2,1-3H3. The molecule has 0 radical (unpaired) electrons. The van der Waals surface area contributed by atoms with E-state index in [0.717, 1.165) is 6.54 Å². The van der Waals surface area contributed by atoms with Gasteiger partial charge >= 0.3 is 0 Å². The summed E-state index contributed by atoms with van der Waals surface area (Å²) in [5, 5.41) is 3.45. The summed E-state index contributed by atoms with van der Waals surface area (Å²) >= 11 is 0. The van der Waals surface area contributed by atoms with Gasteiger partial charge in [0.1, 0.15) is 0 Å². The van der Waals surface area contributed by atoms with Crippen LogP contribution in [0.3, 0.4) is 0 Å². The first-order valence-corrected chi connectivity index (χ1v) is 6.54. The number of hydrogen-bond acceptors (Lipinski definition) is 1. The molecule has 1 nitrogen and oxygen atoms in total. The van der Waals surface area contributed by atoms with Crippen molar-refractivity contribution in [2.75, 3.05) is 0 Å². The molecule has 2 aromatic rings. The molecule has 1 N–H and O–H groups in total. The molecule has 2 rings (SSSR count). The molecule has 0 aromatic heterocycles. The van der Waals surface area contributed by atoms with Crippen LogP contribution in [0.15, 0.2) is 48.5 Å². The summed E-state index contributed by atoms with van der Waals surface area (Å²) in [6, 6.07) is 18.0. The summed E-state index contributed by atoms with van der Waals surface area (Å²) in [7, 11) is 0. The fraction of sp³-hybridized carbons (Fsp3) is 0.294. The zero-order valence-electron chi connectivity index (χ0n) is 11.4. The van der Waals surface area contributed by atoms with E-state index in [9.17, 15) is 0 Å². The molecule has 0 aliphatic heterocycles. The molecule has 0 fully saturated rings. The van der Waals surface area contributed by atoms with Crippen molar-refractivity contribution in [2.24, 2.45) is 0 Å². The minimum Gasteiger partial charge on any atom is -0.310 e. The molecule has 2 aromatic carbocycles. The molecule has 18 heavy (non-hydrogen) atoms. The maximum atomic E-state index is 3.45. The summed E-state index contributed by atoms with van der Waals surface area (Å²) in [5.41, 5.74) is 5.21. The fourth-order valence-corrected chi connectivity index (χ4v) is 1.93. The van der Waals surface area contributed by atoms with Crippen molar-refractivity contribution >= 4 is 0 Å². The lowest BCUT2D eigenvalue weighted by atomic mass is 10.0. The largest absolute Gasteiger partial charge is 0.310 e. The van der Waals surface area contributed by atoms with Crippen molar-refractivity contribution in [1.29, 1.82) is 0 Å². The lowest BCUT2D eigenvalue weighted by Gasteiger charge is -2.09. The molecule has 0 aliphatic rings. The van der Waals surface area contributed by atoms with Crippen LogP contribution in [0, 0.1) is 6.92 Å². The molecular weight excluding hydrogens is 218 g/mol. The zero-order chi connectivity index (χ0) is 13.0. The first-order chi connectivity index (χ1) is 8.65. The van der Waals surface area contributed by atoms with E-state index in [4.69, 9.17) is 0 Å². The van der Waals surface area contributed by atoms with E-state index < -0.39 is 0 Å². The maximum absolute atomic E-state index is 3.45. The number of nitrogens with one attached hydrogen (secondary N) is 1. The fourth-order valence-electron chi connectivity index (χ4n) is 1.93. The van der Waals surface area contributed by atoms with E-state index >= 15 is 0 Å². The van der Waals surface area contributed by atoms with Crippen LogP contribution in [-0.4, -0.2) is 6.04 Å². The quantitative estimate of drug-likeness (QED) is 0.844. The number of rotatable bonds is 4. The van der Waals surface area contributed by atoms with E-state index in [0.29, 0.717) is 6.04 Å². The summed E-state index contributed by atoms with van der Waals surface area (Å²) in [6.45, 7) is 7.39. The third-order valence-electron chi connectivity index (χ3n) is 3.03. The minimum absolute atomic E-state index is 0.521. The molecule has 0 unspecified atom stereocenters. The summed E-state index contributed by atoms with van der Waals surface area (Å²) in [5.74, 6) is 0. The maximum Gasteiger partial charge on any atom is 0.0208 e. The number of benzene rings is 2. The average Bonchev–Trinajstić information content (AvgIpc) is 2.37. The van der Waals surface area contributed by atoms with Crippen molar-refractivity contribution < 1.29 is 0 Å². The van der Waals surface area contributed by atoms with E-state index in [-0.39, 0.29) is 0 Å². The monoisotopic (exact) mass is 239 g/mol. The van der Waals surface area contributed by atoms with Gasteiger partial charge in [-0.2, -0.15) is 0 Å². The molecule has 0 atom stereocenters. The molecule has 0 saturated heterocycles. The Kier molecular flexibility index (Phi) is 4.16. The minimum atomic E-state index is 0.521. The van der Waals surface area contributed by atoms with Crippen LogP contribution in [0.1, 0.15) is 25.0 Å². The van der Waals surface area contributed by atoms with Crippen molar-refractivity contribution in [3.63, 3.8) is 0 Å². The van der Waals surface area contributed by atoms with Gasteiger partial charge in [0.15, 0.2) is 0 Å². The molecule has 0 bridgehead atoms. The van der Waals surface area contributed by atoms with Gasteiger partial charge in [-0.25, -0.2) is 0 Å². The highest BCUT2D eigenvalue weighted by atomic mass is 14.9. The first-order valence-electron chi connectivity index (χ1n) is 6.54. The Morgan fingerprint density at radius 2 is 1.67 bits per heavy atom. The Bertz CT molecular complexity index is 497. The third-order valence-corrected chi connectivity index (χ3v) is 3.03. The predicted octanol–water partition coefficient (Wildman–Crippen LogP) is 4.16. The van der Waals surface area contributed by atoms with E-state index in [2.05, 4.69) is 74.6 Å². The van der Waals surface area contributed by atoms with Crippen LogP contribution < -0.4 is 5.32 Å². The number of hydrogen-bond donors (Lipinski definition) is 1.